The lowest BCUT2D eigenvalue weighted by Gasteiger charge is -2.22. The molecule has 0 N–H and O–H groups in total. The van der Waals surface area contributed by atoms with Gasteiger partial charge < -0.3 is 0 Å². The fraction of sp³-hybridized carbons (Fsp3) is 1.00. The van der Waals surface area contributed by atoms with Gasteiger partial charge in [0.15, 0.2) is 44.3 Å². The molecule has 0 rings (SSSR count). The monoisotopic (exact) mass is 2030 g/mol. The van der Waals surface area contributed by atoms with Crippen molar-refractivity contribution in [3.05, 3.63) is 0 Å². The SMILES string of the molecule is CCCCCCC[Si](C)(C)Cl.CCCCCC[Si](C)(C)Cl.CCCCC[Si](C)(C)Cl.CCCC[Si](C)(C)Cl.CCC[Si](C)(C)Cl.CCC[Si](C)(Cl)CCC.CCC[Si](Cl)(CC)CC.CCC[Si](Cl)(CC)CCC.CCC[Si](Cl)(CCC)CCC.CC[Si](C)(C)Cl.CC[Si](C)(Cl)CC.CC[Si](Cl)(CC)CC.C[Si](C)(C)Cl. The van der Waals surface area contributed by atoms with Gasteiger partial charge in [-0.05, 0) is 133 Å². The van der Waals surface area contributed by atoms with Crippen LogP contribution in [0.15, 0.2) is 0 Å². The van der Waals surface area contributed by atoms with Gasteiger partial charge in [-0.1, -0.05) is 411 Å². The van der Waals surface area contributed by atoms with Crippen LogP contribution in [0, 0.1) is 0 Å². The molecule has 0 aliphatic carbocycles. The van der Waals surface area contributed by atoms with E-state index in [0.29, 0.717) is 0 Å². The van der Waals surface area contributed by atoms with Crippen molar-refractivity contribution in [1.29, 1.82) is 0 Å². The van der Waals surface area contributed by atoms with Crippen LogP contribution in [0.5, 0.6) is 0 Å². The topological polar surface area (TPSA) is 0 Å². The van der Waals surface area contributed by atoms with Crippen molar-refractivity contribution in [2.75, 3.05) is 0 Å². The summed E-state index contributed by atoms with van der Waals surface area (Å²) in [4.78, 5) is 0. The van der Waals surface area contributed by atoms with E-state index in [1.807, 2.05) is 0 Å². The summed E-state index contributed by atoms with van der Waals surface area (Å²) in [5.74, 6) is 0. The Bertz CT molecular complexity index is 1680. The van der Waals surface area contributed by atoms with E-state index in [-0.39, 0.29) is 0 Å². The first-order valence-electron chi connectivity index (χ1n) is 45.8. The molecule has 0 saturated carbocycles. The highest BCUT2D eigenvalue weighted by Gasteiger charge is 2.29. The molecular weight excluding hydrogens is 1830 g/mol. The average Bonchev–Trinajstić information content (AvgIpc) is 0.927. The maximum atomic E-state index is 6.58. The first-order valence-corrected chi connectivity index (χ1v) is 98.0. The van der Waals surface area contributed by atoms with Gasteiger partial charge in [-0.2, -0.15) is 144 Å². The maximum absolute atomic E-state index is 6.58. The lowest BCUT2D eigenvalue weighted by Crippen LogP contribution is -2.25. The number of unbranched alkanes of at least 4 members (excludes halogenated alkanes) is 10. The average molecular weight is 2040 g/mol. The molecule has 110 heavy (non-hydrogen) atoms. The summed E-state index contributed by atoms with van der Waals surface area (Å²) in [5, 5.41) is 0. The summed E-state index contributed by atoms with van der Waals surface area (Å²) in [6, 6.07) is 27.7. The summed E-state index contributed by atoms with van der Waals surface area (Å²) in [5.41, 5.74) is 0. The van der Waals surface area contributed by atoms with Crippen LogP contribution in [-0.2, 0) is 0 Å². The predicted octanol–water partition coefficient (Wildman–Crippen LogP) is 44.3. The van der Waals surface area contributed by atoms with Crippen LogP contribution >= 0.6 is 144 Å². The quantitative estimate of drug-likeness (QED) is 0.0324. The van der Waals surface area contributed by atoms with Crippen LogP contribution in [0.3, 0.4) is 0 Å². The molecule has 0 saturated heterocycles. The Kier molecular flexibility index (Phi) is 119. The maximum Gasteiger partial charge on any atom is 0.156 e. The van der Waals surface area contributed by atoms with Crippen molar-refractivity contribution in [3.63, 3.8) is 0 Å². The molecule has 0 nitrogen and oxygen atoms in total. The highest BCUT2D eigenvalue weighted by atomic mass is 35.6. The van der Waals surface area contributed by atoms with E-state index < -0.39 is 96.0 Å². The van der Waals surface area contributed by atoms with Gasteiger partial charge in [-0.3, -0.25) is 0 Å². The Morgan fingerprint density at radius 1 is 0.136 bits per heavy atom. The van der Waals surface area contributed by atoms with Crippen LogP contribution in [0.25, 0.3) is 0 Å². The molecule has 0 unspecified atom stereocenters. The van der Waals surface area contributed by atoms with Crippen LogP contribution in [0.4, 0.5) is 0 Å². The zero-order valence-electron chi connectivity index (χ0n) is 82.2. The molecule has 0 atom stereocenters. The minimum Gasteiger partial charge on any atom is -0.168 e. The van der Waals surface area contributed by atoms with Gasteiger partial charge in [0, 0.05) is 0 Å². The molecule has 686 valence electrons. The van der Waals surface area contributed by atoms with E-state index >= 15 is 0 Å². The van der Waals surface area contributed by atoms with Gasteiger partial charge in [0.25, 0.3) is 0 Å². The Morgan fingerprint density at radius 2 is 0.318 bits per heavy atom. The van der Waals surface area contributed by atoms with Crippen LogP contribution < -0.4 is 0 Å². The first-order chi connectivity index (χ1) is 49.8. The van der Waals surface area contributed by atoms with Gasteiger partial charge in [0.1, 0.15) is 51.7 Å². The molecular formula is C84H207Cl13Si13. The number of rotatable bonds is 45. The second-order valence-electron chi connectivity index (χ2n) is 36.3. The molecule has 0 bridgehead atoms. The Hall–Kier alpha value is 6.59. The standard InChI is InChI=1S/2C9H21ClSi.2C8H19ClSi.3C7H17ClSi.2C6H15ClSi.2C5H13ClSi.C4H11ClSi.C3H9ClSi/c1-4-5-6-7-8-9-11(2,3)10;1-4-7-11(10,8-5-2)9-6-3;1-4-5-6-7-8-10(2,3)9;1-4-7-10(9,6-3)8-5-2;1-4-5-6-7-9(2,3)8;1-4-6-9(3,8)7-5-2;1-4-7-9(8,5-2)6-3;1-4-5-6-8(2,3)7;1-4-8(7,5-2)6-3;1-4-5-7(2,3)6;1-4-7(3,6)5-2;1-4-6(2,3)5;1-5(2,3)4/h2*4-9H2,1-3H3;2*4-8H2,1-3H3;3*4-7H2,1-3H3;2*4-6H2,1-3H3;2*4-5H2,1-3H3;4H2,1-3H3;1-3H3. The Balaban J connectivity index is -0.0000000846. The van der Waals surface area contributed by atoms with Crippen molar-refractivity contribution >= 4 is 240 Å². The fourth-order valence-corrected chi connectivity index (χ4v) is 35.4. The summed E-state index contributed by atoms with van der Waals surface area (Å²) in [7, 11) is -15.8. The van der Waals surface area contributed by atoms with Crippen molar-refractivity contribution < 1.29 is 0 Å². The van der Waals surface area contributed by atoms with Crippen LogP contribution in [0.2, 0.25) is 244 Å². The molecule has 0 aliphatic heterocycles. The van der Waals surface area contributed by atoms with Gasteiger partial charge in [0.2, 0.25) is 0 Å². The zero-order chi connectivity index (χ0) is 90.3. The van der Waals surface area contributed by atoms with Crippen LogP contribution in [-0.4, -0.2) is 96.0 Å². The molecule has 26 heteroatoms. The highest BCUT2D eigenvalue weighted by molar-refractivity contribution is 7.24. The number of hydrogen-bond acceptors (Lipinski definition) is 0. The van der Waals surface area contributed by atoms with Crippen molar-refractivity contribution in [2.45, 2.75) is 544 Å². The molecule has 0 aliphatic rings. The van der Waals surface area contributed by atoms with Gasteiger partial charge in [-0.25, -0.2) is 0 Å². The Labute approximate surface area is 775 Å². The Morgan fingerprint density at radius 3 is 0.464 bits per heavy atom. The molecule has 0 aromatic heterocycles. The van der Waals surface area contributed by atoms with Crippen molar-refractivity contribution in [3.8, 4) is 0 Å². The van der Waals surface area contributed by atoms with Gasteiger partial charge in [0.05, 0.1) is 0 Å². The molecule has 0 aromatic rings. The summed E-state index contributed by atoms with van der Waals surface area (Å²) < 4.78 is 0. The molecule has 0 fully saturated rings. The van der Waals surface area contributed by atoms with E-state index in [0.717, 1.165) is 0 Å². The summed E-state index contributed by atoms with van der Waals surface area (Å²) >= 11 is 79.9. The second kappa shape index (κ2) is 90.4. The number of hydrogen-bond donors (Lipinski definition) is 0. The summed E-state index contributed by atoms with van der Waals surface area (Å²) in [6.07, 6.45) is 30.2. The van der Waals surface area contributed by atoms with Crippen molar-refractivity contribution in [2.24, 2.45) is 0 Å². The third kappa shape index (κ3) is 162. The third-order valence-electron chi connectivity index (χ3n) is 18.7. The molecule has 0 radical (unpaired) electrons. The van der Waals surface area contributed by atoms with E-state index in [4.69, 9.17) is 144 Å². The minimum atomic E-state index is -1.28. The third-order valence-corrected chi connectivity index (χ3v) is 64.8. The minimum absolute atomic E-state index is 1.14. The lowest BCUT2D eigenvalue weighted by atomic mass is 10.2. The molecule has 0 amide bonds. The second-order valence-corrected chi connectivity index (χ2v) is 126. The molecule has 0 aromatic carbocycles. The smallest absolute Gasteiger partial charge is 0.156 e. The lowest BCUT2D eigenvalue weighted by molar-refractivity contribution is 0.654. The first kappa shape index (κ1) is 145. The molecule has 0 spiro atoms. The van der Waals surface area contributed by atoms with Crippen LogP contribution in [0.1, 0.15) is 300 Å². The van der Waals surface area contributed by atoms with Gasteiger partial charge in [-0.15, -0.1) is 0 Å². The number of halogens is 13. The largest absolute Gasteiger partial charge is 0.168 e. The van der Waals surface area contributed by atoms with E-state index in [1.165, 1.54) is 281 Å². The normalized spacial score (nSPS) is 12.0. The van der Waals surface area contributed by atoms with E-state index in [1.54, 1.807) is 0 Å². The predicted molar refractivity (Wildman–Crippen MR) is 587 cm³/mol. The van der Waals surface area contributed by atoms with Crippen molar-refractivity contribution in [1.82, 2.24) is 0 Å². The molecule has 0 heterocycles. The summed E-state index contributed by atoms with van der Waals surface area (Å²) in [6.45, 7) is 85.8. The fourth-order valence-electron chi connectivity index (χ4n) is 10.4. The van der Waals surface area contributed by atoms with Gasteiger partial charge >= 0.3 is 0 Å². The highest BCUT2D eigenvalue weighted by Crippen LogP contribution is 2.32. The zero-order valence-corrected chi connectivity index (χ0v) is 105. The van der Waals surface area contributed by atoms with E-state index in [9.17, 15) is 0 Å². The van der Waals surface area contributed by atoms with E-state index in [2.05, 4.69) is 264 Å².